The zero-order valence-electron chi connectivity index (χ0n) is 25.6. The number of aromatic nitrogens is 1. The van der Waals surface area contributed by atoms with Crippen LogP contribution in [0.1, 0.15) is 50.3 Å². The van der Waals surface area contributed by atoms with Crippen LogP contribution in [0.3, 0.4) is 0 Å². The van der Waals surface area contributed by atoms with E-state index in [0.29, 0.717) is 44.2 Å². The third-order valence-electron chi connectivity index (χ3n) is 8.46. The lowest BCUT2D eigenvalue weighted by atomic mass is 10.0. The van der Waals surface area contributed by atoms with Crippen LogP contribution >= 0.6 is 0 Å². The average molecular weight is 602 g/mol. The van der Waals surface area contributed by atoms with Crippen molar-refractivity contribution in [2.75, 3.05) is 24.6 Å². The summed E-state index contributed by atoms with van der Waals surface area (Å²) in [5.41, 5.74) is 2.16. The van der Waals surface area contributed by atoms with Gasteiger partial charge in [0.1, 0.15) is 43.9 Å². The second-order valence-electron chi connectivity index (χ2n) is 12.9. The Labute approximate surface area is 258 Å². The second kappa shape index (κ2) is 12.3. The molecule has 3 aliphatic rings. The van der Waals surface area contributed by atoms with E-state index in [-0.39, 0.29) is 30.8 Å². The molecule has 4 heterocycles. The number of hydrogen-bond acceptors (Lipinski definition) is 7. The first-order chi connectivity index (χ1) is 21.1. The molecular weight excluding hydrogens is 560 g/mol. The van der Waals surface area contributed by atoms with Gasteiger partial charge in [0.05, 0.1) is 24.2 Å². The first-order valence-corrected chi connectivity index (χ1v) is 15.3. The highest BCUT2D eigenvalue weighted by Crippen LogP contribution is 2.35. The first-order valence-electron chi connectivity index (χ1n) is 15.3. The third-order valence-corrected chi connectivity index (χ3v) is 8.46. The van der Waals surface area contributed by atoms with E-state index in [9.17, 15) is 14.8 Å². The van der Waals surface area contributed by atoms with Crippen LogP contribution in [0.4, 0.5) is 15.4 Å². The molecule has 0 saturated carbocycles. The number of amides is 2. The van der Waals surface area contributed by atoms with Gasteiger partial charge in [-0.1, -0.05) is 65.4 Å². The monoisotopic (exact) mass is 601 g/mol. The lowest BCUT2D eigenvalue weighted by Gasteiger charge is -2.38. The van der Waals surface area contributed by atoms with E-state index in [1.54, 1.807) is 11.1 Å². The molecule has 2 unspecified atom stereocenters. The summed E-state index contributed by atoms with van der Waals surface area (Å²) in [6.45, 7) is 7.68. The van der Waals surface area contributed by atoms with E-state index >= 15 is 0 Å². The fourth-order valence-electron chi connectivity index (χ4n) is 6.40. The van der Waals surface area contributed by atoms with Crippen molar-refractivity contribution < 1.29 is 33.7 Å². The number of fused-ring (bicyclic) bond motifs is 3. The molecule has 0 spiro atoms. The molecule has 2 amide bonds. The van der Waals surface area contributed by atoms with Gasteiger partial charge >= 0.3 is 18.0 Å². The molecule has 2 saturated heterocycles. The molecule has 6 rings (SSSR count). The predicted octanol–water partition coefficient (Wildman–Crippen LogP) is 4.94. The minimum absolute atomic E-state index is 0.0124. The zero-order chi connectivity index (χ0) is 30.8. The predicted molar refractivity (Wildman–Crippen MR) is 163 cm³/mol. The highest BCUT2D eigenvalue weighted by atomic mass is 16.6. The van der Waals surface area contributed by atoms with Crippen molar-refractivity contribution in [3.63, 3.8) is 0 Å². The van der Waals surface area contributed by atoms with Crippen molar-refractivity contribution >= 4 is 18.0 Å². The fraction of sp³-hybridized carbons (Fsp3) is 0.441. The first kappa shape index (κ1) is 29.6. The molecule has 3 aromatic rings. The summed E-state index contributed by atoms with van der Waals surface area (Å²) in [6.07, 6.45) is 3.28. The number of rotatable bonds is 6. The van der Waals surface area contributed by atoms with E-state index in [1.807, 2.05) is 92.4 Å². The number of nitrogens with zero attached hydrogens (tertiary/aromatic N) is 4. The third kappa shape index (κ3) is 6.54. The van der Waals surface area contributed by atoms with Crippen LogP contribution in [-0.2, 0) is 29.0 Å². The fourth-order valence-corrected chi connectivity index (χ4v) is 6.40. The van der Waals surface area contributed by atoms with Crippen LogP contribution < -0.4 is 14.4 Å². The number of ether oxygens (including phenoxy) is 3. The lowest BCUT2D eigenvalue weighted by Crippen LogP contribution is -2.58. The van der Waals surface area contributed by atoms with E-state index in [4.69, 9.17) is 14.2 Å². The van der Waals surface area contributed by atoms with E-state index in [2.05, 4.69) is 4.90 Å². The Morgan fingerprint density at radius 1 is 1.00 bits per heavy atom. The summed E-state index contributed by atoms with van der Waals surface area (Å²) in [4.78, 5) is 32.0. The average Bonchev–Trinajstić information content (AvgIpc) is 3.28. The molecule has 2 bridgehead atoms. The molecule has 232 valence electrons. The Balaban J connectivity index is 1.17. The molecule has 44 heavy (non-hydrogen) atoms. The molecule has 10 nitrogen and oxygen atoms in total. The van der Waals surface area contributed by atoms with Crippen molar-refractivity contribution in [3.8, 4) is 5.75 Å². The van der Waals surface area contributed by atoms with Gasteiger partial charge in [-0.3, -0.25) is 14.7 Å². The Hall–Kier alpha value is -4.47. The Kier molecular flexibility index (Phi) is 8.25. The molecule has 3 aliphatic heterocycles. The van der Waals surface area contributed by atoms with Gasteiger partial charge in [0.15, 0.2) is 0 Å². The number of benzene rings is 2. The summed E-state index contributed by atoms with van der Waals surface area (Å²) >= 11 is 0. The molecule has 1 aromatic heterocycles. The zero-order valence-corrected chi connectivity index (χ0v) is 25.6. The van der Waals surface area contributed by atoms with Gasteiger partial charge in [-0.2, -0.15) is 0 Å². The van der Waals surface area contributed by atoms with Crippen LogP contribution in [0.2, 0.25) is 0 Å². The van der Waals surface area contributed by atoms with Crippen LogP contribution in [0, 0.1) is 0 Å². The summed E-state index contributed by atoms with van der Waals surface area (Å²) < 4.78 is 18.8. The summed E-state index contributed by atoms with van der Waals surface area (Å²) in [7, 11) is 0. The van der Waals surface area contributed by atoms with Crippen molar-refractivity contribution in [3.05, 3.63) is 89.6 Å². The van der Waals surface area contributed by atoms with Crippen LogP contribution in [0.15, 0.2) is 72.9 Å². The maximum absolute atomic E-state index is 13.4. The topological polar surface area (TPSA) is 95.7 Å². The second-order valence-corrected chi connectivity index (χ2v) is 12.9. The molecular formula is C34H41N4O6+. The minimum Gasteiger partial charge on any atom is -0.491 e. The van der Waals surface area contributed by atoms with Crippen molar-refractivity contribution in [1.82, 2.24) is 9.80 Å². The summed E-state index contributed by atoms with van der Waals surface area (Å²) in [5, 5.41) is 11.1. The van der Waals surface area contributed by atoms with Gasteiger partial charge in [0.2, 0.25) is 0 Å². The minimum atomic E-state index is -0.551. The van der Waals surface area contributed by atoms with Gasteiger partial charge in [-0.25, -0.2) is 9.59 Å². The maximum atomic E-state index is 13.4. The van der Waals surface area contributed by atoms with Gasteiger partial charge < -0.3 is 19.4 Å². The highest BCUT2D eigenvalue weighted by molar-refractivity contribution is 5.70. The van der Waals surface area contributed by atoms with Crippen molar-refractivity contribution in [1.29, 1.82) is 0 Å². The van der Waals surface area contributed by atoms with E-state index in [0.717, 1.165) is 34.3 Å². The summed E-state index contributed by atoms with van der Waals surface area (Å²) in [5.74, 6) is 1.30. The Bertz CT molecular complexity index is 1460. The van der Waals surface area contributed by atoms with Gasteiger partial charge in [0, 0.05) is 18.5 Å². The van der Waals surface area contributed by atoms with Gasteiger partial charge in [-0.15, -0.1) is 0 Å². The Morgan fingerprint density at radius 3 is 2.27 bits per heavy atom. The lowest BCUT2D eigenvalue weighted by molar-refractivity contribution is -0.894. The molecule has 3 atom stereocenters. The van der Waals surface area contributed by atoms with E-state index < -0.39 is 11.7 Å². The van der Waals surface area contributed by atoms with E-state index in [1.165, 1.54) is 0 Å². The quantitative estimate of drug-likeness (QED) is 0.316. The SMILES string of the molecule is CC(C)(C)OC(=O)N1C2CCC1CN(c1cc3c(c[n+]1O)C[C@@H](N(Cc1ccccc1)C(=O)OCc1ccccc1)CO3)C2. The molecule has 0 radical (unpaired) electrons. The largest absolute Gasteiger partial charge is 0.491 e. The number of pyridine rings is 1. The summed E-state index contributed by atoms with van der Waals surface area (Å²) in [6, 6.07) is 21.0. The van der Waals surface area contributed by atoms with Crippen molar-refractivity contribution in [2.24, 2.45) is 0 Å². The number of hydrogen-bond donors (Lipinski definition) is 1. The standard InChI is InChI=1S/C34H41N4O6/c1-34(2,3)44-33(40)38-27-14-15-28(38)21-35(20-27)31-17-30-26(19-37(31)41)16-29(23-42-30)36(18-24-10-6-4-7-11-24)32(39)43-22-25-12-8-5-9-13-25/h4-13,17,19,27-29,41H,14-16,18,20-23H2,1-3H3/q+1/t27?,28?,29-/m1/s1. The molecule has 1 N–H and O–H groups in total. The molecule has 10 heteroatoms. The number of carbonyl (C=O) groups excluding carboxylic acids is 2. The highest BCUT2D eigenvalue weighted by Gasteiger charge is 2.48. The van der Waals surface area contributed by atoms with Crippen LogP contribution in [0.25, 0.3) is 0 Å². The van der Waals surface area contributed by atoms with Gasteiger partial charge in [0.25, 0.3) is 0 Å². The number of carbonyl (C=O) groups is 2. The Morgan fingerprint density at radius 2 is 1.64 bits per heavy atom. The van der Waals surface area contributed by atoms with Gasteiger partial charge in [-0.05, 0) is 44.7 Å². The number of piperazine rings is 1. The van der Waals surface area contributed by atoms with Crippen LogP contribution in [0.5, 0.6) is 5.75 Å². The maximum Gasteiger partial charge on any atom is 0.411 e. The molecule has 2 fully saturated rings. The molecule has 0 aliphatic carbocycles. The number of anilines is 1. The van der Waals surface area contributed by atoms with Crippen LogP contribution in [-0.4, -0.2) is 70.6 Å². The smallest absolute Gasteiger partial charge is 0.411 e. The van der Waals surface area contributed by atoms with Crippen molar-refractivity contribution in [2.45, 2.75) is 76.9 Å². The normalized spacial score (nSPS) is 20.8. The molecule has 2 aromatic carbocycles.